The van der Waals surface area contributed by atoms with Gasteiger partial charge >= 0.3 is 0 Å². The van der Waals surface area contributed by atoms with E-state index in [1.54, 1.807) is 17.0 Å². The number of rotatable bonds is 8. The summed E-state index contributed by atoms with van der Waals surface area (Å²) in [5.41, 5.74) is 5.11. The molecule has 1 atom stereocenters. The van der Waals surface area contributed by atoms with Gasteiger partial charge in [0, 0.05) is 35.6 Å². The van der Waals surface area contributed by atoms with Crippen LogP contribution in [0.3, 0.4) is 0 Å². The van der Waals surface area contributed by atoms with Crippen LogP contribution in [0.1, 0.15) is 77.9 Å². The predicted octanol–water partition coefficient (Wildman–Crippen LogP) is 4.66. The first-order valence-corrected chi connectivity index (χ1v) is 14.2. The van der Waals surface area contributed by atoms with Gasteiger partial charge in [0.1, 0.15) is 11.9 Å². The number of carbonyl (C=O) groups excluding carboxylic acids is 3. The van der Waals surface area contributed by atoms with Crippen molar-refractivity contribution in [2.75, 3.05) is 19.6 Å². The highest BCUT2D eigenvalue weighted by Crippen LogP contribution is 2.34. The van der Waals surface area contributed by atoms with Crippen LogP contribution in [0.5, 0.6) is 0 Å². The van der Waals surface area contributed by atoms with Gasteiger partial charge in [0.05, 0.1) is 0 Å². The second-order valence-electron chi connectivity index (χ2n) is 11.2. The van der Waals surface area contributed by atoms with Gasteiger partial charge in [0.25, 0.3) is 5.91 Å². The molecule has 2 fully saturated rings. The van der Waals surface area contributed by atoms with Crippen LogP contribution in [0.25, 0.3) is 10.9 Å². The van der Waals surface area contributed by atoms with Gasteiger partial charge in [-0.3, -0.25) is 19.7 Å². The largest absolute Gasteiger partial charge is 0.361 e. The van der Waals surface area contributed by atoms with E-state index in [9.17, 15) is 18.8 Å². The van der Waals surface area contributed by atoms with Crippen molar-refractivity contribution < 1.29 is 18.8 Å². The van der Waals surface area contributed by atoms with Crippen LogP contribution in [0.4, 0.5) is 4.39 Å². The first-order chi connectivity index (χ1) is 19.0. The zero-order chi connectivity index (χ0) is 26.9. The second kappa shape index (κ2) is 10.9. The first kappa shape index (κ1) is 25.7. The van der Waals surface area contributed by atoms with Gasteiger partial charge in [-0.15, -0.1) is 0 Å². The van der Waals surface area contributed by atoms with Crippen molar-refractivity contribution in [3.63, 3.8) is 0 Å². The summed E-state index contributed by atoms with van der Waals surface area (Å²) in [5, 5.41) is 3.51. The molecule has 0 bridgehead atoms. The summed E-state index contributed by atoms with van der Waals surface area (Å²) in [5.74, 6) is -0.426. The van der Waals surface area contributed by atoms with Crippen molar-refractivity contribution in [3.8, 4) is 0 Å². The van der Waals surface area contributed by atoms with E-state index < -0.39 is 6.04 Å². The number of unbranched alkanes of at least 4 members (excludes halogenated alkanes) is 2. The minimum absolute atomic E-state index is 0.107. The molecule has 6 rings (SSSR count). The van der Waals surface area contributed by atoms with Crippen LogP contribution in [0.15, 0.2) is 42.6 Å². The van der Waals surface area contributed by atoms with Gasteiger partial charge in [-0.1, -0.05) is 18.6 Å². The Balaban J connectivity index is 0.960. The highest BCUT2D eigenvalue weighted by Gasteiger charge is 2.39. The highest BCUT2D eigenvalue weighted by molar-refractivity contribution is 6.05. The lowest BCUT2D eigenvalue weighted by molar-refractivity contribution is -0.136. The number of halogens is 1. The number of amides is 3. The number of carbonyl (C=O) groups is 3. The third kappa shape index (κ3) is 5.22. The molecule has 0 saturated carbocycles. The number of aromatic amines is 1. The Morgan fingerprint density at radius 1 is 0.974 bits per heavy atom. The quantitative estimate of drug-likeness (QED) is 0.328. The number of nitrogens with zero attached hydrogens (tertiary/aromatic N) is 2. The average Bonchev–Trinajstić information content (AvgIpc) is 3.50. The molecule has 3 amide bonds. The van der Waals surface area contributed by atoms with E-state index >= 15 is 0 Å². The SMILES string of the molecule is O=C1CCC(N2Cc3c(CCCCCN4CCC(c5c[nH]c6cc(F)ccc56)CC4)cccc3C2=O)C(=O)N1. The lowest BCUT2D eigenvalue weighted by Gasteiger charge is -2.32. The fourth-order valence-electron chi connectivity index (χ4n) is 6.64. The van der Waals surface area contributed by atoms with Crippen molar-refractivity contribution in [3.05, 3.63) is 70.7 Å². The molecule has 3 aromatic rings. The maximum atomic E-state index is 13.5. The molecule has 1 unspecified atom stereocenters. The van der Waals surface area contributed by atoms with E-state index in [4.69, 9.17) is 0 Å². The van der Waals surface area contributed by atoms with E-state index in [-0.39, 0.29) is 30.0 Å². The minimum Gasteiger partial charge on any atom is -0.361 e. The molecule has 3 aliphatic rings. The van der Waals surface area contributed by atoms with Crippen molar-refractivity contribution in [1.29, 1.82) is 0 Å². The molecule has 0 radical (unpaired) electrons. The smallest absolute Gasteiger partial charge is 0.255 e. The molecular weight excluding hydrogens is 495 g/mol. The lowest BCUT2D eigenvalue weighted by atomic mass is 9.89. The monoisotopic (exact) mass is 530 g/mol. The fraction of sp³-hybridized carbons (Fsp3) is 0.452. The van der Waals surface area contributed by atoms with Crippen molar-refractivity contribution in [2.24, 2.45) is 0 Å². The number of nitrogens with one attached hydrogen (secondary N) is 2. The number of hydrogen-bond donors (Lipinski definition) is 2. The Morgan fingerprint density at radius 3 is 2.64 bits per heavy atom. The van der Waals surface area contributed by atoms with E-state index in [1.165, 1.54) is 11.1 Å². The van der Waals surface area contributed by atoms with E-state index in [0.717, 1.165) is 74.6 Å². The summed E-state index contributed by atoms with van der Waals surface area (Å²) in [6.07, 6.45) is 9.22. The number of H-pyrrole nitrogens is 1. The molecule has 0 aliphatic carbocycles. The topological polar surface area (TPSA) is 85.5 Å². The van der Waals surface area contributed by atoms with Crippen LogP contribution in [-0.2, 0) is 22.6 Å². The summed E-state index contributed by atoms with van der Waals surface area (Å²) in [6.45, 7) is 3.71. The number of benzene rings is 2. The maximum Gasteiger partial charge on any atom is 0.255 e. The van der Waals surface area contributed by atoms with Gasteiger partial charge in [0.2, 0.25) is 11.8 Å². The van der Waals surface area contributed by atoms with Gasteiger partial charge in [-0.25, -0.2) is 4.39 Å². The Labute approximate surface area is 227 Å². The van der Waals surface area contributed by atoms with E-state index in [1.807, 2.05) is 18.2 Å². The Hall–Kier alpha value is -3.52. The molecule has 2 N–H and O–H groups in total. The molecule has 1 aromatic heterocycles. The normalized spacial score (nSPS) is 20.6. The zero-order valence-corrected chi connectivity index (χ0v) is 22.2. The Morgan fingerprint density at radius 2 is 1.82 bits per heavy atom. The third-order valence-corrected chi connectivity index (χ3v) is 8.80. The van der Waals surface area contributed by atoms with Crippen LogP contribution in [0, 0.1) is 5.82 Å². The molecular formula is C31H35FN4O3. The highest BCUT2D eigenvalue weighted by atomic mass is 19.1. The number of hydrogen-bond acceptors (Lipinski definition) is 4. The van der Waals surface area contributed by atoms with Gasteiger partial charge < -0.3 is 14.8 Å². The van der Waals surface area contributed by atoms with Crippen LogP contribution < -0.4 is 5.32 Å². The molecule has 7 nitrogen and oxygen atoms in total. The number of aromatic nitrogens is 1. The standard InChI is InChI=1S/C31H35FN4O3/c32-22-8-9-23-25(18-33-27(23)17-22)21-12-15-35(16-13-21)14-3-1-2-5-20-6-4-7-24-26(20)19-36(31(24)39)28-10-11-29(37)34-30(28)38/h4,6-9,17-18,21,28,33H,1-3,5,10-16,19H2,(H,34,37,38). The summed E-state index contributed by atoms with van der Waals surface area (Å²) in [6, 6.07) is 10.3. The lowest BCUT2D eigenvalue weighted by Crippen LogP contribution is -2.52. The molecule has 4 heterocycles. The Bertz CT molecular complexity index is 1410. The van der Waals surface area contributed by atoms with E-state index in [2.05, 4.69) is 27.5 Å². The average molecular weight is 531 g/mol. The van der Waals surface area contributed by atoms with Crippen molar-refractivity contribution in [1.82, 2.24) is 20.1 Å². The number of imide groups is 1. The van der Waals surface area contributed by atoms with Crippen LogP contribution >= 0.6 is 0 Å². The number of piperidine rings is 2. The minimum atomic E-state index is -0.571. The maximum absolute atomic E-state index is 13.5. The second-order valence-corrected chi connectivity index (χ2v) is 11.2. The van der Waals surface area contributed by atoms with Gasteiger partial charge in [-0.2, -0.15) is 0 Å². The number of likely N-dealkylation sites (tertiary alicyclic amines) is 1. The number of aryl methyl sites for hydroxylation is 1. The first-order valence-electron chi connectivity index (χ1n) is 14.2. The molecule has 2 saturated heterocycles. The molecule has 39 heavy (non-hydrogen) atoms. The summed E-state index contributed by atoms with van der Waals surface area (Å²) in [4.78, 5) is 44.3. The van der Waals surface area contributed by atoms with E-state index in [0.29, 0.717) is 24.4 Å². The predicted molar refractivity (Wildman–Crippen MR) is 147 cm³/mol. The molecule has 0 spiro atoms. The Kier molecular flexibility index (Phi) is 7.21. The van der Waals surface area contributed by atoms with Gasteiger partial charge in [-0.05, 0) is 105 Å². The summed E-state index contributed by atoms with van der Waals surface area (Å²) in [7, 11) is 0. The fourth-order valence-corrected chi connectivity index (χ4v) is 6.64. The van der Waals surface area contributed by atoms with Crippen LogP contribution in [0.2, 0.25) is 0 Å². The van der Waals surface area contributed by atoms with Crippen molar-refractivity contribution in [2.45, 2.75) is 69.9 Å². The molecule has 204 valence electrons. The van der Waals surface area contributed by atoms with Gasteiger partial charge in [0.15, 0.2) is 0 Å². The molecule has 3 aliphatic heterocycles. The summed E-state index contributed by atoms with van der Waals surface area (Å²) < 4.78 is 13.5. The number of fused-ring (bicyclic) bond motifs is 2. The van der Waals surface area contributed by atoms with Crippen LogP contribution in [-0.4, -0.2) is 58.2 Å². The third-order valence-electron chi connectivity index (χ3n) is 8.80. The molecule has 2 aromatic carbocycles. The summed E-state index contributed by atoms with van der Waals surface area (Å²) >= 11 is 0. The zero-order valence-electron chi connectivity index (χ0n) is 22.2. The van der Waals surface area contributed by atoms with Crippen molar-refractivity contribution >= 4 is 28.6 Å². The molecule has 8 heteroatoms.